The van der Waals surface area contributed by atoms with Crippen LogP contribution in [0.25, 0.3) is 0 Å². The number of aryl methyl sites for hydroxylation is 1. The van der Waals surface area contributed by atoms with Crippen molar-refractivity contribution in [3.05, 3.63) is 41.7 Å². The van der Waals surface area contributed by atoms with Gasteiger partial charge < -0.3 is 15.5 Å². The first-order valence-corrected chi connectivity index (χ1v) is 9.51. The van der Waals surface area contributed by atoms with Gasteiger partial charge in [0, 0.05) is 12.2 Å². The average molecular weight is 368 g/mol. The van der Waals surface area contributed by atoms with Crippen molar-refractivity contribution in [2.24, 2.45) is 0 Å². The lowest BCUT2D eigenvalue weighted by atomic mass is 10.0. The van der Waals surface area contributed by atoms with E-state index in [4.69, 9.17) is 0 Å². The van der Waals surface area contributed by atoms with Gasteiger partial charge in [0.2, 0.25) is 5.91 Å². The van der Waals surface area contributed by atoms with Gasteiger partial charge in [0.25, 0.3) is 5.91 Å². The highest BCUT2D eigenvalue weighted by Crippen LogP contribution is 2.26. The van der Waals surface area contributed by atoms with E-state index in [1.54, 1.807) is 15.8 Å². The summed E-state index contributed by atoms with van der Waals surface area (Å²) < 4.78 is 1.76. The number of hydrogen-bond acceptors (Lipinski definition) is 5. The summed E-state index contributed by atoms with van der Waals surface area (Å²) in [4.78, 5) is 26.7. The maximum absolute atomic E-state index is 12.6. The predicted molar refractivity (Wildman–Crippen MR) is 101 cm³/mol. The van der Waals surface area contributed by atoms with E-state index in [9.17, 15) is 9.59 Å². The number of carbonyl (C=O) groups excluding carboxylic acids is 2. The number of nitrogens with one attached hydrogen (secondary N) is 2. The molecule has 0 saturated carbocycles. The Kier molecular flexibility index (Phi) is 5.15. The van der Waals surface area contributed by atoms with Gasteiger partial charge in [-0.15, -0.1) is 5.10 Å². The molecule has 1 aromatic heterocycles. The molecule has 2 aromatic rings. The van der Waals surface area contributed by atoms with E-state index in [-0.39, 0.29) is 30.1 Å². The molecule has 8 heteroatoms. The quantitative estimate of drug-likeness (QED) is 0.837. The summed E-state index contributed by atoms with van der Waals surface area (Å²) in [7, 11) is 0. The smallest absolute Gasteiger partial charge is 0.273 e. The molecule has 142 valence electrons. The summed E-state index contributed by atoms with van der Waals surface area (Å²) in [5.41, 5.74) is 2.37. The van der Waals surface area contributed by atoms with Crippen LogP contribution in [0.3, 0.4) is 0 Å². The maximum Gasteiger partial charge on any atom is 0.273 e. The molecule has 0 radical (unpaired) electrons. The molecular formula is C19H24N6O2. The van der Waals surface area contributed by atoms with Crippen molar-refractivity contribution >= 4 is 17.5 Å². The van der Waals surface area contributed by atoms with Crippen molar-refractivity contribution in [2.45, 2.75) is 31.7 Å². The fraction of sp³-hybridized carbons (Fsp3) is 0.474. The Morgan fingerprint density at radius 1 is 1.22 bits per heavy atom. The topological polar surface area (TPSA) is 92.2 Å². The number of carbonyl (C=O) groups is 2. The van der Waals surface area contributed by atoms with Gasteiger partial charge in [-0.2, -0.15) is 0 Å². The summed E-state index contributed by atoms with van der Waals surface area (Å²) in [6.45, 7) is 2.51. The van der Waals surface area contributed by atoms with E-state index >= 15 is 0 Å². The first-order chi connectivity index (χ1) is 13.2. The van der Waals surface area contributed by atoms with Crippen molar-refractivity contribution in [3.63, 3.8) is 0 Å². The third-order valence-electron chi connectivity index (χ3n) is 5.24. The Bertz CT molecular complexity index is 827. The second kappa shape index (κ2) is 7.87. The highest BCUT2D eigenvalue weighted by Gasteiger charge is 2.23. The zero-order chi connectivity index (χ0) is 18.6. The first kappa shape index (κ1) is 17.7. The minimum absolute atomic E-state index is 0.0482. The number of rotatable bonds is 4. The molecule has 2 aliphatic heterocycles. The molecule has 1 fully saturated rings. The molecular weight excluding hydrogens is 344 g/mol. The normalized spacial score (nSPS) is 17.4. The van der Waals surface area contributed by atoms with Crippen LogP contribution < -0.4 is 15.5 Å². The standard InChI is InChI=1S/C19H24N6O2/c26-18(24-11-3-5-14-4-1-2-6-17(14)24)12-21-19(27)16-13-25(23-22-16)15-7-9-20-10-8-15/h1-2,4,6,13,15,20H,3,5,7-12H2,(H,21,27). The van der Waals surface area contributed by atoms with E-state index in [2.05, 4.69) is 20.9 Å². The third-order valence-corrected chi connectivity index (χ3v) is 5.24. The van der Waals surface area contributed by atoms with Gasteiger partial charge in [0.15, 0.2) is 5.69 Å². The molecule has 0 unspecified atom stereocenters. The van der Waals surface area contributed by atoms with Gasteiger partial charge >= 0.3 is 0 Å². The summed E-state index contributed by atoms with van der Waals surface area (Å²) in [6.07, 6.45) is 5.52. The number of para-hydroxylation sites is 1. The number of amides is 2. The Morgan fingerprint density at radius 3 is 2.89 bits per heavy atom. The van der Waals surface area contributed by atoms with Gasteiger partial charge in [-0.1, -0.05) is 23.4 Å². The van der Waals surface area contributed by atoms with Crippen LogP contribution in [0.5, 0.6) is 0 Å². The monoisotopic (exact) mass is 368 g/mol. The predicted octanol–water partition coefficient (Wildman–Crippen LogP) is 0.912. The molecule has 2 aliphatic rings. The molecule has 4 rings (SSSR count). The summed E-state index contributed by atoms with van der Waals surface area (Å²) in [5, 5.41) is 14.1. The minimum Gasteiger partial charge on any atom is -0.342 e. The summed E-state index contributed by atoms with van der Waals surface area (Å²) >= 11 is 0. The molecule has 0 aliphatic carbocycles. The highest BCUT2D eigenvalue weighted by molar-refractivity contribution is 6.00. The molecule has 2 amide bonds. The number of piperidine rings is 1. The van der Waals surface area contributed by atoms with Crippen molar-refractivity contribution in [3.8, 4) is 0 Å². The van der Waals surface area contributed by atoms with Crippen LogP contribution in [0.15, 0.2) is 30.5 Å². The van der Waals surface area contributed by atoms with Crippen molar-refractivity contribution in [2.75, 3.05) is 31.1 Å². The Balaban J connectivity index is 1.36. The number of benzene rings is 1. The number of aromatic nitrogens is 3. The molecule has 3 heterocycles. The Morgan fingerprint density at radius 2 is 2.04 bits per heavy atom. The lowest BCUT2D eigenvalue weighted by Crippen LogP contribution is -2.42. The van der Waals surface area contributed by atoms with E-state index in [0.29, 0.717) is 6.54 Å². The van der Waals surface area contributed by atoms with Gasteiger partial charge in [0.1, 0.15) is 0 Å². The summed E-state index contributed by atoms with van der Waals surface area (Å²) in [6, 6.07) is 8.19. The van der Waals surface area contributed by atoms with Crippen LogP contribution in [-0.4, -0.2) is 53.0 Å². The lowest BCUT2D eigenvalue weighted by molar-refractivity contribution is -0.117. The third kappa shape index (κ3) is 3.85. The molecule has 0 atom stereocenters. The molecule has 2 N–H and O–H groups in total. The Labute approximate surface area is 157 Å². The van der Waals surface area contributed by atoms with Crippen LogP contribution in [0, 0.1) is 0 Å². The van der Waals surface area contributed by atoms with Crippen molar-refractivity contribution < 1.29 is 9.59 Å². The van der Waals surface area contributed by atoms with Crippen LogP contribution in [0.2, 0.25) is 0 Å². The SMILES string of the molecule is O=C(NCC(=O)N1CCCc2ccccc21)c1cn(C2CCNCC2)nn1. The molecule has 1 aromatic carbocycles. The van der Waals surface area contributed by atoms with Gasteiger partial charge in [-0.3, -0.25) is 9.59 Å². The van der Waals surface area contributed by atoms with Gasteiger partial charge in [-0.05, 0) is 50.4 Å². The van der Waals surface area contributed by atoms with Gasteiger partial charge in [0.05, 0.1) is 18.8 Å². The zero-order valence-corrected chi connectivity index (χ0v) is 15.2. The molecule has 8 nitrogen and oxygen atoms in total. The minimum atomic E-state index is -0.367. The van der Waals surface area contributed by atoms with Crippen molar-refractivity contribution in [1.82, 2.24) is 25.6 Å². The van der Waals surface area contributed by atoms with E-state index in [1.165, 1.54) is 5.56 Å². The fourth-order valence-electron chi connectivity index (χ4n) is 3.77. The zero-order valence-electron chi connectivity index (χ0n) is 15.2. The molecule has 0 bridgehead atoms. The van der Waals surface area contributed by atoms with Crippen LogP contribution in [-0.2, 0) is 11.2 Å². The lowest BCUT2D eigenvalue weighted by Gasteiger charge is -2.29. The first-order valence-electron chi connectivity index (χ1n) is 9.51. The summed E-state index contributed by atoms with van der Waals surface area (Å²) in [5.74, 6) is -0.477. The van der Waals surface area contributed by atoms with Crippen LogP contribution in [0.1, 0.15) is 41.4 Å². The van der Waals surface area contributed by atoms with E-state index in [1.807, 2.05) is 24.3 Å². The average Bonchev–Trinajstić information content (AvgIpc) is 3.22. The number of nitrogens with zero attached hydrogens (tertiary/aromatic N) is 4. The fourth-order valence-corrected chi connectivity index (χ4v) is 3.77. The second-order valence-electron chi connectivity index (χ2n) is 7.03. The highest BCUT2D eigenvalue weighted by atomic mass is 16.2. The van der Waals surface area contributed by atoms with Crippen molar-refractivity contribution in [1.29, 1.82) is 0 Å². The molecule has 1 saturated heterocycles. The van der Waals surface area contributed by atoms with Crippen LogP contribution in [0.4, 0.5) is 5.69 Å². The molecule has 0 spiro atoms. The second-order valence-corrected chi connectivity index (χ2v) is 7.03. The van der Waals surface area contributed by atoms with E-state index in [0.717, 1.165) is 44.5 Å². The largest absolute Gasteiger partial charge is 0.342 e. The molecule has 27 heavy (non-hydrogen) atoms. The number of hydrogen-bond donors (Lipinski definition) is 2. The van der Waals surface area contributed by atoms with Crippen LogP contribution >= 0.6 is 0 Å². The van der Waals surface area contributed by atoms with Gasteiger partial charge in [-0.25, -0.2) is 4.68 Å². The Hall–Kier alpha value is -2.74. The number of anilines is 1. The number of fused-ring (bicyclic) bond motifs is 1. The maximum atomic E-state index is 12.6. The van der Waals surface area contributed by atoms with E-state index < -0.39 is 0 Å².